The number of aliphatic hydroxyl groups excluding tert-OH is 1. The highest BCUT2D eigenvalue weighted by molar-refractivity contribution is 6.28. The normalized spacial score (nSPS) is 12.5. The Morgan fingerprint density at radius 2 is 2.24 bits per heavy atom. The summed E-state index contributed by atoms with van der Waals surface area (Å²) in [5.41, 5.74) is 6.91. The van der Waals surface area contributed by atoms with Crippen LogP contribution in [0.5, 0.6) is 0 Å². The third-order valence-electron chi connectivity index (χ3n) is 2.30. The minimum absolute atomic E-state index is 0.0543. The second kappa shape index (κ2) is 6.58. The maximum atomic E-state index is 8.93. The van der Waals surface area contributed by atoms with E-state index >= 15 is 0 Å². The summed E-state index contributed by atoms with van der Waals surface area (Å²) in [5, 5.41) is 12.2. The number of nitrogen functional groups attached to an aromatic ring is 1. The van der Waals surface area contributed by atoms with E-state index in [1.54, 1.807) is 14.0 Å². The molecule has 17 heavy (non-hydrogen) atoms. The van der Waals surface area contributed by atoms with Crippen molar-refractivity contribution in [2.24, 2.45) is 0 Å². The van der Waals surface area contributed by atoms with Crippen LogP contribution in [0.25, 0.3) is 0 Å². The first-order valence-corrected chi connectivity index (χ1v) is 5.62. The summed E-state index contributed by atoms with van der Waals surface area (Å²) in [4.78, 5) is 7.96. The van der Waals surface area contributed by atoms with Crippen LogP contribution in [-0.2, 0) is 4.74 Å². The largest absolute Gasteiger partial charge is 0.396 e. The first-order chi connectivity index (χ1) is 8.08. The van der Waals surface area contributed by atoms with Gasteiger partial charge in [-0.25, -0.2) is 4.98 Å². The lowest BCUT2D eigenvalue weighted by Crippen LogP contribution is -2.27. The smallest absolute Gasteiger partial charge is 0.224 e. The molecule has 0 aliphatic heterocycles. The molecule has 4 N–H and O–H groups in total. The first kappa shape index (κ1) is 14.0. The van der Waals surface area contributed by atoms with E-state index in [1.165, 1.54) is 0 Å². The molecule has 0 amide bonds. The Hall–Kier alpha value is -1.11. The van der Waals surface area contributed by atoms with Crippen LogP contribution < -0.4 is 11.1 Å². The molecule has 1 aromatic rings. The van der Waals surface area contributed by atoms with Crippen molar-refractivity contribution >= 4 is 23.1 Å². The van der Waals surface area contributed by atoms with Gasteiger partial charge in [0.2, 0.25) is 5.28 Å². The van der Waals surface area contributed by atoms with Gasteiger partial charge < -0.3 is 20.9 Å². The molecule has 1 aromatic heterocycles. The van der Waals surface area contributed by atoms with Gasteiger partial charge in [-0.2, -0.15) is 4.98 Å². The Balaban J connectivity index is 2.84. The maximum Gasteiger partial charge on any atom is 0.224 e. The van der Waals surface area contributed by atoms with Gasteiger partial charge >= 0.3 is 0 Å². The van der Waals surface area contributed by atoms with E-state index in [0.29, 0.717) is 30.2 Å². The molecular weight excluding hydrogens is 244 g/mol. The summed E-state index contributed by atoms with van der Waals surface area (Å²) < 4.78 is 5.04. The van der Waals surface area contributed by atoms with Crippen LogP contribution in [0.3, 0.4) is 0 Å². The molecule has 1 unspecified atom stereocenters. The lowest BCUT2D eigenvalue weighted by atomic mass is 10.2. The second-order valence-corrected chi connectivity index (χ2v) is 3.99. The maximum absolute atomic E-state index is 8.93. The molecule has 0 saturated heterocycles. The minimum Gasteiger partial charge on any atom is -0.396 e. The Kier molecular flexibility index (Phi) is 5.40. The van der Waals surface area contributed by atoms with Crippen molar-refractivity contribution in [2.45, 2.75) is 19.4 Å². The van der Waals surface area contributed by atoms with Crippen molar-refractivity contribution in [1.82, 2.24) is 9.97 Å². The molecule has 0 spiro atoms. The second-order valence-electron chi connectivity index (χ2n) is 3.65. The highest BCUT2D eigenvalue weighted by atomic mass is 35.5. The van der Waals surface area contributed by atoms with E-state index in [-0.39, 0.29) is 17.9 Å². The van der Waals surface area contributed by atoms with Crippen LogP contribution in [0.2, 0.25) is 5.28 Å². The number of nitrogens with two attached hydrogens (primary N) is 1. The van der Waals surface area contributed by atoms with Crippen LogP contribution in [0, 0.1) is 6.92 Å². The van der Waals surface area contributed by atoms with Crippen molar-refractivity contribution in [3.8, 4) is 0 Å². The molecular formula is C10H17ClN4O2. The highest BCUT2D eigenvalue weighted by Gasteiger charge is 2.13. The van der Waals surface area contributed by atoms with E-state index in [9.17, 15) is 0 Å². The third kappa shape index (κ3) is 3.99. The van der Waals surface area contributed by atoms with E-state index in [2.05, 4.69) is 15.3 Å². The number of rotatable bonds is 6. The molecule has 0 saturated carbocycles. The fourth-order valence-corrected chi connectivity index (χ4v) is 1.62. The number of anilines is 2. The zero-order chi connectivity index (χ0) is 12.8. The molecule has 1 heterocycles. The molecule has 0 aliphatic carbocycles. The van der Waals surface area contributed by atoms with Gasteiger partial charge in [0.15, 0.2) is 5.82 Å². The molecule has 1 rings (SSSR count). The molecule has 6 nitrogen and oxygen atoms in total. The van der Waals surface area contributed by atoms with Gasteiger partial charge in [-0.1, -0.05) is 0 Å². The number of aryl methyl sites for hydroxylation is 1. The number of aliphatic hydroxyl groups is 1. The summed E-state index contributed by atoms with van der Waals surface area (Å²) in [6.07, 6.45) is 0.536. The standard InChI is InChI=1S/C10H17ClN4O2/c1-6-8(12)9(15-10(11)13-6)14-7(3-4-16)5-17-2/h7,16H,3-5,12H2,1-2H3,(H,13,14,15). The fraction of sp³-hybridized carbons (Fsp3) is 0.600. The zero-order valence-electron chi connectivity index (χ0n) is 9.90. The third-order valence-corrected chi connectivity index (χ3v) is 2.46. The topological polar surface area (TPSA) is 93.3 Å². The number of nitrogens with zero attached hydrogens (tertiary/aromatic N) is 2. The predicted octanol–water partition coefficient (Wildman–Crippen LogP) is 0.830. The monoisotopic (exact) mass is 260 g/mol. The van der Waals surface area contributed by atoms with Crippen molar-refractivity contribution in [1.29, 1.82) is 0 Å². The van der Waals surface area contributed by atoms with Crippen LogP contribution in [0.15, 0.2) is 0 Å². The summed E-state index contributed by atoms with van der Waals surface area (Å²) >= 11 is 5.76. The van der Waals surface area contributed by atoms with Crippen molar-refractivity contribution < 1.29 is 9.84 Å². The summed E-state index contributed by atoms with van der Waals surface area (Å²) in [6.45, 7) is 2.25. The fourth-order valence-electron chi connectivity index (χ4n) is 1.41. The van der Waals surface area contributed by atoms with E-state index in [4.69, 9.17) is 27.2 Å². The highest BCUT2D eigenvalue weighted by Crippen LogP contribution is 2.21. The summed E-state index contributed by atoms with van der Waals surface area (Å²) in [5.74, 6) is 0.470. The van der Waals surface area contributed by atoms with Crippen LogP contribution in [-0.4, -0.2) is 41.4 Å². The van der Waals surface area contributed by atoms with Gasteiger partial charge in [0, 0.05) is 13.7 Å². The Morgan fingerprint density at radius 3 is 2.82 bits per heavy atom. The Bertz CT molecular complexity index is 370. The summed E-state index contributed by atoms with van der Waals surface area (Å²) in [6, 6.07) is -0.0716. The van der Waals surface area contributed by atoms with Gasteiger partial charge in [-0.05, 0) is 24.9 Å². The van der Waals surface area contributed by atoms with Crippen molar-refractivity contribution in [3.63, 3.8) is 0 Å². The number of halogens is 1. The van der Waals surface area contributed by atoms with Gasteiger partial charge in [-0.3, -0.25) is 0 Å². The average Bonchev–Trinajstić information content (AvgIpc) is 2.26. The summed E-state index contributed by atoms with van der Waals surface area (Å²) in [7, 11) is 1.59. The van der Waals surface area contributed by atoms with Gasteiger partial charge in [-0.15, -0.1) is 0 Å². The van der Waals surface area contributed by atoms with E-state index in [0.717, 1.165) is 0 Å². The zero-order valence-corrected chi connectivity index (χ0v) is 10.7. The molecule has 0 radical (unpaired) electrons. The lowest BCUT2D eigenvalue weighted by Gasteiger charge is -2.19. The molecule has 1 atom stereocenters. The Morgan fingerprint density at radius 1 is 1.53 bits per heavy atom. The SMILES string of the molecule is COCC(CCO)Nc1nc(Cl)nc(C)c1N. The lowest BCUT2D eigenvalue weighted by molar-refractivity contribution is 0.170. The van der Waals surface area contributed by atoms with Crippen LogP contribution in [0.4, 0.5) is 11.5 Å². The molecule has 0 aliphatic rings. The van der Waals surface area contributed by atoms with E-state index < -0.39 is 0 Å². The number of hydrogen-bond donors (Lipinski definition) is 3. The number of aromatic nitrogens is 2. The molecule has 7 heteroatoms. The number of methoxy groups -OCH3 is 1. The van der Waals surface area contributed by atoms with Crippen molar-refractivity contribution in [3.05, 3.63) is 11.0 Å². The quantitative estimate of drug-likeness (QED) is 0.656. The minimum atomic E-state index is -0.0716. The van der Waals surface area contributed by atoms with Gasteiger partial charge in [0.25, 0.3) is 0 Å². The number of hydrogen-bond acceptors (Lipinski definition) is 6. The number of nitrogens with one attached hydrogen (secondary N) is 1. The van der Waals surface area contributed by atoms with Gasteiger partial charge in [0.05, 0.1) is 24.0 Å². The Labute approximate surface area is 105 Å². The molecule has 0 bridgehead atoms. The predicted molar refractivity (Wildman–Crippen MR) is 67.2 cm³/mol. The molecule has 96 valence electrons. The molecule has 0 aromatic carbocycles. The average molecular weight is 261 g/mol. The van der Waals surface area contributed by atoms with Crippen LogP contribution >= 0.6 is 11.6 Å². The first-order valence-electron chi connectivity index (χ1n) is 5.24. The van der Waals surface area contributed by atoms with E-state index in [1.807, 2.05) is 0 Å². The van der Waals surface area contributed by atoms with Crippen molar-refractivity contribution in [2.75, 3.05) is 31.4 Å². The van der Waals surface area contributed by atoms with Crippen LogP contribution in [0.1, 0.15) is 12.1 Å². The number of ether oxygens (including phenoxy) is 1. The van der Waals surface area contributed by atoms with Gasteiger partial charge in [0.1, 0.15) is 0 Å². The molecule has 0 fully saturated rings.